The minimum absolute atomic E-state index is 0.265. The molecule has 0 unspecified atom stereocenters. The van der Waals surface area contributed by atoms with E-state index in [2.05, 4.69) is 43.3 Å². The minimum atomic E-state index is -0.941. The number of aromatic carboxylic acids is 1. The highest BCUT2D eigenvalue weighted by atomic mass is 16.5. The van der Waals surface area contributed by atoms with Gasteiger partial charge in [0, 0.05) is 0 Å². The Morgan fingerprint density at radius 3 is 1.46 bits per heavy atom. The molecule has 0 heterocycles. The van der Waals surface area contributed by atoms with Crippen molar-refractivity contribution in [3.05, 3.63) is 130 Å². The number of hydrogen-bond acceptors (Lipinski definition) is 3. The lowest BCUT2D eigenvalue weighted by atomic mass is 9.83. The number of rotatable bonds is 7. The molecule has 4 rings (SSSR count). The number of carbonyl (C=O) groups is 1. The molecule has 0 saturated carbocycles. The first kappa shape index (κ1) is 23.8. The van der Waals surface area contributed by atoms with E-state index in [1.165, 1.54) is 5.56 Å². The summed E-state index contributed by atoms with van der Waals surface area (Å²) in [5.74, 6) is 0.612. The zero-order valence-electron chi connectivity index (χ0n) is 20.3. The standard InChI is InChI=1S/C31H28O4/c1-20-5-7-22(8-6-20)29(23-9-14-26(34-3)15-10-23)30(24-11-16-27(35-4)17-12-24)28-18-13-25(31(32)33)19-21(28)2/h5-19H,1-4H3,(H,32,33)/b30-29-. The molecule has 0 atom stereocenters. The Hall–Kier alpha value is -4.31. The predicted molar refractivity (Wildman–Crippen MR) is 140 cm³/mol. The number of methoxy groups -OCH3 is 2. The number of benzene rings is 4. The van der Waals surface area contributed by atoms with Crippen LogP contribution in [0.1, 0.15) is 43.7 Å². The van der Waals surface area contributed by atoms with E-state index in [0.29, 0.717) is 0 Å². The summed E-state index contributed by atoms with van der Waals surface area (Å²) in [5, 5.41) is 9.52. The first-order valence-corrected chi connectivity index (χ1v) is 11.4. The van der Waals surface area contributed by atoms with Crippen molar-refractivity contribution < 1.29 is 19.4 Å². The second kappa shape index (κ2) is 10.3. The van der Waals surface area contributed by atoms with E-state index in [-0.39, 0.29) is 5.56 Å². The average Bonchev–Trinajstić information content (AvgIpc) is 2.88. The van der Waals surface area contributed by atoms with Gasteiger partial charge in [0.2, 0.25) is 0 Å². The largest absolute Gasteiger partial charge is 0.497 e. The van der Waals surface area contributed by atoms with Gasteiger partial charge in [-0.2, -0.15) is 0 Å². The van der Waals surface area contributed by atoms with Gasteiger partial charge in [0.1, 0.15) is 11.5 Å². The van der Waals surface area contributed by atoms with Crippen molar-refractivity contribution in [1.82, 2.24) is 0 Å². The van der Waals surface area contributed by atoms with Crippen LogP contribution in [0.2, 0.25) is 0 Å². The van der Waals surface area contributed by atoms with Gasteiger partial charge in [-0.05, 0) is 89.2 Å². The summed E-state index contributed by atoms with van der Waals surface area (Å²) in [6.07, 6.45) is 0. The van der Waals surface area contributed by atoms with Gasteiger partial charge in [-0.3, -0.25) is 0 Å². The first-order valence-electron chi connectivity index (χ1n) is 11.4. The summed E-state index contributed by atoms with van der Waals surface area (Å²) in [4.78, 5) is 11.6. The normalized spacial score (nSPS) is 11.5. The Labute approximate surface area is 206 Å². The summed E-state index contributed by atoms with van der Waals surface area (Å²) < 4.78 is 10.8. The van der Waals surface area contributed by atoms with E-state index in [0.717, 1.165) is 50.5 Å². The molecule has 4 nitrogen and oxygen atoms in total. The van der Waals surface area contributed by atoms with E-state index in [1.54, 1.807) is 26.4 Å². The van der Waals surface area contributed by atoms with Crippen LogP contribution >= 0.6 is 0 Å². The van der Waals surface area contributed by atoms with E-state index < -0.39 is 5.97 Å². The maximum absolute atomic E-state index is 11.6. The Morgan fingerprint density at radius 1 is 0.600 bits per heavy atom. The van der Waals surface area contributed by atoms with Gasteiger partial charge in [0.25, 0.3) is 0 Å². The zero-order valence-corrected chi connectivity index (χ0v) is 20.3. The number of carboxylic acid groups (broad SMARTS) is 1. The SMILES string of the molecule is COc1ccc(/C(=C(/c2ccc(OC)cc2)c2ccc(C(=O)O)cc2C)c2ccc(C)cc2)cc1. The van der Waals surface area contributed by atoms with Crippen LogP contribution in [-0.4, -0.2) is 25.3 Å². The van der Waals surface area contributed by atoms with Gasteiger partial charge in [0.05, 0.1) is 19.8 Å². The number of aryl methyl sites for hydroxylation is 2. The summed E-state index contributed by atoms with van der Waals surface area (Å²) in [6.45, 7) is 4.02. The van der Waals surface area contributed by atoms with Crippen molar-refractivity contribution in [3.8, 4) is 11.5 Å². The predicted octanol–water partition coefficient (Wildman–Crippen LogP) is 7.03. The Balaban J connectivity index is 2.09. The molecule has 0 saturated heterocycles. The van der Waals surface area contributed by atoms with Gasteiger partial charge < -0.3 is 14.6 Å². The van der Waals surface area contributed by atoms with E-state index in [1.807, 2.05) is 49.4 Å². The van der Waals surface area contributed by atoms with Gasteiger partial charge in [-0.25, -0.2) is 4.79 Å². The van der Waals surface area contributed by atoms with Crippen LogP contribution in [0.15, 0.2) is 91.0 Å². The van der Waals surface area contributed by atoms with Gasteiger partial charge in [0.15, 0.2) is 0 Å². The number of hydrogen-bond donors (Lipinski definition) is 1. The minimum Gasteiger partial charge on any atom is -0.497 e. The molecule has 0 aliphatic heterocycles. The monoisotopic (exact) mass is 464 g/mol. The smallest absolute Gasteiger partial charge is 0.335 e. The summed E-state index contributed by atoms with van der Waals surface area (Å²) in [5.41, 5.74) is 8.44. The highest BCUT2D eigenvalue weighted by Gasteiger charge is 2.19. The van der Waals surface area contributed by atoms with E-state index >= 15 is 0 Å². The average molecular weight is 465 g/mol. The van der Waals surface area contributed by atoms with Crippen molar-refractivity contribution in [3.63, 3.8) is 0 Å². The van der Waals surface area contributed by atoms with Gasteiger partial charge >= 0.3 is 5.97 Å². The third-order valence-corrected chi connectivity index (χ3v) is 6.09. The molecule has 4 heteroatoms. The third-order valence-electron chi connectivity index (χ3n) is 6.09. The summed E-state index contributed by atoms with van der Waals surface area (Å²) in [7, 11) is 3.30. The van der Waals surface area contributed by atoms with E-state index in [4.69, 9.17) is 9.47 Å². The van der Waals surface area contributed by atoms with Crippen molar-refractivity contribution >= 4 is 17.1 Å². The molecule has 0 aliphatic carbocycles. The Bertz CT molecular complexity index is 1360. The fraction of sp³-hybridized carbons (Fsp3) is 0.129. The zero-order chi connectivity index (χ0) is 24.9. The lowest BCUT2D eigenvalue weighted by molar-refractivity contribution is 0.0696. The van der Waals surface area contributed by atoms with Crippen molar-refractivity contribution in [2.24, 2.45) is 0 Å². The topological polar surface area (TPSA) is 55.8 Å². The third kappa shape index (κ3) is 5.12. The Kier molecular flexibility index (Phi) is 7.02. The molecule has 0 fully saturated rings. The van der Waals surface area contributed by atoms with Gasteiger partial charge in [-0.1, -0.05) is 60.2 Å². The molecular weight excluding hydrogens is 436 g/mol. The van der Waals surface area contributed by atoms with Crippen LogP contribution in [0.25, 0.3) is 11.1 Å². The molecule has 0 amide bonds. The molecule has 0 radical (unpaired) electrons. The lowest BCUT2D eigenvalue weighted by Crippen LogP contribution is -2.02. The van der Waals surface area contributed by atoms with Gasteiger partial charge in [-0.15, -0.1) is 0 Å². The molecule has 4 aromatic carbocycles. The van der Waals surface area contributed by atoms with Crippen molar-refractivity contribution in [2.45, 2.75) is 13.8 Å². The maximum atomic E-state index is 11.6. The Morgan fingerprint density at radius 2 is 1.03 bits per heavy atom. The van der Waals surface area contributed by atoms with Crippen LogP contribution < -0.4 is 9.47 Å². The van der Waals surface area contributed by atoms with Crippen molar-refractivity contribution in [1.29, 1.82) is 0 Å². The first-order chi connectivity index (χ1) is 16.9. The molecule has 1 N–H and O–H groups in total. The maximum Gasteiger partial charge on any atom is 0.335 e. The van der Waals surface area contributed by atoms with Crippen LogP contribution in [0.5, 0.6) is 11.5 Å². The van der Waals surface area contributed by atoms with Crippen molar-refractivity contribution in [2.75, 3.05) is 14.2 Å². The summed E-state index contributed by atoms with van der Waals surface area (Å²) in [6, 6.07) is 29.7. The molecule has 0 spiro atoms. The van der Waals surface area contributed by atoms with Crippen LogP contribution in [0, 0.1) is 13.8 Å². The van der Waals surface area contributed by atoms with E-state index in [9.17, 15) is 9.90 Å². The lowest BCUT2D eigenvalue weighted by Gasteiger charge is -2.20. The molecular formula is C31H28O4. The highest BCUT2D eigenvalue weighted by Crippen LogP contribution is 2.39. The highest BCUT2D eigenvalue weighted by molar-refractivity contribution is 6.05. The second-order valence-electron chi connectivity index (χ2n) is 8.41. The molecule has 35 heavy (non-hydrogen) atoms. The number of ether oxygens (including phenoxy) is 2. The van der Waals surface area contributed by atoms with Crippen LogP contribution in [0.4, 0.5) is 0 Å². The molecule has 4 aromatic rings. The quantitative estimate of drug-likeness (QED) is 0.298. The summed E-state index contributed by atoms with van der Waals surface area (Å²) >= 11 is 0. The molecule has 176 valence electrons. The van der Waals surface area contributed by atoms with Crippen LogP contribution in [-0.2, 0) is 0 Å². The second-order valence-corrected chi connectivity index (χ2v) is 8.41. The molecule has 0 aromatic heterocycles. The van der Waals surface area contributed by atoms with Crippen LogP contribution in [0.3, 0.4) is 0 Å². The molecule has 0 bridgehead atoms. The fourth-order valence-corrected chi connectivity index (χ4v) is 4.20. The fourth-order valence-electron chi connectivity index (χ4n) is 4.20. The molecule has 0 aliphatic rings. The number of carboxylic acids is 1.